The molecule has 0 bridgehead atoms. The first kappa shape index (κ1) is 20.0. The highest BCUT2D eigenvalue weighted by molar-refractivity contribution is 5.97. The molecule has 7 nitrogen and oxygen atoms in total. The lowest BCUT2D eigenvalue weighted by Crippen LogP contribution is -2.31. The fourth-order valence-corrected chi connectivity index (χ4v) is 2.13. The van der Waals surface area contributed by atoms with Crippen LogP contribution in [0.4, 0.5) is 5.69 Å². The molecule has 2 aromatic rings. The van der Waals surface area contributed by atoms with E-state index in [1.54, 1.807) is 55.6 Å². The van der Waals surface area contributed by atoms with Crippen LogP contribution in [0, 0.1) is 0 Å². The summed E-state index contributed by atoms with van der Waals surface area (Å²) in [5.41, 5.74) is 1.05. The molecule has 0 heterocycles. The Bertz CT molecular complexity index is 798. The highest BCUT2D eigenvalue weighted by Gasteiger charge is 2.18. The largest absolute Gasteiger partial charge is 0.497 e. The molecule has 0 unspecified atom stereocenters. The van der Waals surface area contributed by atoms with Crippen molar-refractivity contribution in [1.29, 1.82) is 0 Å². The molecule has 1 amide bonds. The smallest absolute Gasteiger partial charge is 0.344 e. The van der Waals surface area contributed by atoms with E-state index < -0.39 is 18.0 Å². The molecule has 142 valence electrons. The van der Waals surface area contributed by atoms with E-state index in [0.717, 1.165) is 0 Å². The first-order valence-electron chi connectivity index (χ1n) is 8.27. The Hall–Kier alpha value is -3.35. The number of hydrogen-bond donors (Lipinski definition) is 1. The molecule has 2 rings (SSSR count). The summed E-state index contributed by atoms with van der Waals surface area (Å²) < 4.78 is 15.4. The van der Waals surface area contributed by atoms with Crippen LogP contribution in [0.25, 0.3) is 0 Å². The Morgan fingerprint density at radius 3 is 2.11 bits per heavy atom. The number of anilines is 1. The number of amides is 1. The molecule has 1 N–H and O–H groups in total. The summed E-state index contributed by atoms with van der Waals surface area (Å²) in [5, 5.41) is 2.62. The molecule has 0 fully saturated rings. The lowest BCUT2D eigenvalue weighted by molar-refractivity contribution is -0.155. The van der Waals surface area contributed by atoms with Gasteiger partial charge in [0.25, 0.3) is 5.91 Å². The molecule has 7 heteroatoms. The van der Waals surface area contributed by atoms with Crippen molar-refractivity contribution in [3.8, 4) is 11.5 Å². The van der Waals surface area contributed by atoms with Crippen LogP contribution < -0.4 is 14.8 Å². The number of Topliss-reactive ketones (excluding diaryl/α,β-unsaturated/α-hetero) is 1. The van der Waals surface area contributed by atoms with Crippen LogP contribution in [0.2, 0.25) is 0 Å². The maximum Gasteiger partial charge on any atom is 0.344 e. The minimum Gasteiger partial charge on any atom is -0.497 e. The van der Waals surface area contributed by atoms with Crippen molar-refractivity contribution in [3.05, 3.63) is 54.1 Å². The summed E-state index contributed by atoms with van der Waals surface area (Å²) in [7, 11) is 1.55. The molecule has 0 saturated heterocycles. The Morgan fingerprint density at radius 1 is 0.963 bits per heavy atom. The van der Waals surface area contributed by atoms with Gasteiger partial charge in [-0.25, -0.2) is 4.79 Å². The number of methoxy groups -OCH3 is 1. The quantitative estimate of drug-likeness (QED) is 0.567. The maximum absolute atomic E-state index is 12.1. The second kappa shape index (κ2) is 9.38. The predicted molar refractivity (Wildman–Crippen MR) is 99.1 cm³/mol. The van der Waals surface area contributed by atoms with Crippen LogP contribution in [0.3, 0.4) is 0 Å². The van der Waals surface area contributed by atoms with Gasteiger partial charge in [0.05, 0.1) is 7.11 Å². The molecule has 2 aromatic carbocycles. The fraction of sp³-hybridized carbons (Fsp3) is 0.250. The molecule has 0 aliphatic heterocycles. The van der Waals surface area contributed by atoms with Gasteiger partial charge in [-0.05, 0) is 62.4 Å². The van der Waals surface area contributed by atoms with E-state index in [-0.39, 0.29) is 12.4 Å². The van der Waals surface area contributed by atoms with Gasteiger partial charge >= 0.3 is 5.97 Å². The van der Waals surface area contributed by atoms with E-state index in [2.05, 4.69) is 5.32 Å². The Morgan fingerprint density at radius 2 is 1.56 bits per heavy atom. The van der Waals surface area contributed by atoms with Crippen LogP contribution in [0.5, 0.6) is 11.5 Å². The monoisotopic (exact) mass is 371 g/mol. The van der Waals surface area contributed by atoms with Crippen LogP contribution in [-0.2, 0) is 14.3 Å². The second-order valence-corrected chi connectivity index (χ2v) is 5.72. The lowest BCUT2D eigenvalue weighted by Gasteiger charge is -2.14. The van der Waals surface area contributed by atoms with Gasteiger partial charge in [-0.15, -0.1) is 0 Å². The van der Waals surface area contributed by atoms with Crippen LogP contribution in [0.15, 0.2) is 48.5 Å². The van der Waals surface area contributed by atoms with E-state index in [1.807, 2.05) is 0 Å². The molecule has 0 spiro atoms. The molecule has 0 aliphatic carbocycles. The van der Waals surface area contributed by atoms with E-state index in [0.29, 0.717) is 22.7 Å². The maximum atomic E-state index is 12.1. The number of hydrogen-bond acceptors (Lipinski definition) is 6. The molecule has 0 aliphatic rings. The zero-order valence-electron chi connectivity index (χ0n) is 15.4. The highest BCUT2D eigenvalue weighted by atomic mass is 16.6. The van der Waals surface area contributed by atoms with Gasteiger partial charge in [-0.1, -0.05) is 0 Å². The van der Waals surface area contributed by atoms with Crippen molar-refractivity contribution < 1.29 is 28.6 Å². The van der Waals surface area contributed by atoms with E-state index in [4.69, 9.17) is 14.2 Å². The van der Waals surface area contributed by atoms with Gasteiger partial charge in [-0.2, -0.15) is 0 Å². The van der Waals surface area contributed by atoms with Crippen LogP contribution in [0.1, 0.15) is 24.2 Å². The predicted octanol–water partition coefficient (Wildman–Crippen LogP) is 2.85. The topological polar surface area (TPSA) is 90.9 Å². The first-order valence-corrected chi connectivity index (χ1v) is 8.27. The van der Waals surface area contributed by atoms with Gasteiger partial charge in [0.2, 0.25) is 0 Å². The van der Waals surface area contributed by atoms with E-state index in [1.165, 1.54) is 13.8 Å². The zero-order valence-corrected chi connectivity index (χ0v) is 15.4. The summed E-state index contributed by atoms with van der Waals surface area (Å²) in [5.74, 6) is -0.0576. The lowest BCUT2D eigenvalue weighted by atomic mass is 10.1. The molecule has 0 radical (unpaired) electrons. The number of esters is 1. The van der Waals surface area contributed by atoms with E-state index >= 15 is 0 Å². The standard InChI is InChI=1S/C20H21NO6/c1-13(22)15-4-6-16(7-5-15)21-20(24)14(2)27-19(23)12-26-18-10-8-17(25-3)9-11-18/h4-11,14H,12H2,1-3H3,(H,21,24)/t14-/m0/s1. The number of benzene rings is 2. The summed E-state index contributed by atoms with van der Waals surface area (Å²) >= 11 is 0. The number of rotatable bonds is 8. The first-order chi connectivity index (χ1) is 12.9. The van der Waals surface area contributed by atoms with Crippen LogP contribution >= 0.6 is 0 Å². The summed E-state index contributed by atoms with van der Waals surface area (Å²) in [4.78, 5) is 35.2. The molecule has 27 heavy (non-hydrogen) atoms. The number of ether oxygens (including phenoxy) is 3. The molecular weight excluding hydrogens is 350 g/mol. The third-order valence-electron chi connectivity index (χ3n) is 3.65. The van der Waals surface area contributed by atoms with Crippen molar-refractivity contribution >= 4 is 23.3 Å². The van der Waals surface area contributed by atoms with Crippen molar-refractivity contribution in [2.24, 2.45) is 0 Å². The van der Waals surface area contributed by atoms with Gasteiger partial charge < -0.3 is 19.5 Å². The third kappa shape index (κ3) is 6.14. The molecular formula is C20H21NO6. The van der Waals surface area contributed by atoms with Gasteiger partial charge in [0.15, 0.2) is 18.5 Å². The Labute approximate surface area is 157 Å². The van der Waals surface area contributed by atoms with Crippen molar-refractivity contribution in [3.63, 3.8) is 0 Å². The van der Waals surface area contributed by atoms with Gasteiger partial charge in [0, 0.05) is 11.3 Å². The summed E-state index contributed by atoms with van der Waals surface area (Å²) in [6.07, 6.45) is -0.996. The van der Waals surface area contributed by atoms with E-state index in [9.17, 15) is 14.4 Å². The van der Waals surface area contributed by atoms with Gasteiger partial charge in [0.1, 0.15) is 11.5 Å². The van der Waals surface area contributed by atoms with Crippen molar-refractivity contribution in [2.45, 2.75) is 20.0 Å². The number of carbonyl (C=O) groups excluding carboxylic acids is 3. The summed E-state index contributed by atoms with van der Waals surface area (Å²) in [6.45, 7) is 2.60. The minimum absolute atomic E-state index is 0.0629. The van der Waals surface area contributed by atoms with Crippen molar-refractivity contribution in [2.75, 3.05) is 19.0 Å². The van der Waals surface area contributed by atoms with Crippen molar-refractivity contribution in [1.82, 2.24) is 0 Å². The number of nitrogens with one attached hydrogen (secondary N) is 1. The van der Waals surface area contributed by atoms with Crippen LogP contribution in [-0.4, -0.2) is 37.5 Å². The molecule has 0 saturated carbocycles. The third-order valence-corrected chi connectivity index (χ3v) is 3.65. The average Bonchev–Trinajstić information content (AvgIpc) is 2.67. The summed E-state index contributed by atoms with van der Waals surface area (Å²) in [6, 6.07) is 13.2. The second-order valence-electron chi connectivity index (χ2n) is 5.72. The average molecular weight is 371 g/mol. The molecule has 0 aromatic heterocycles. The fourth-order valence-electron chi connectivity index (χ4n) is 2.13. The minimum atomic E-state index is -0.996. The normalized spacial score (nSPS) is 11.2. The number of carbonyl (C=O) groups is 3. The number of ketones is 1. The SMILES string of the molecule is COc1ccc(OCC(=O)O[C@@H](C)C(=O)Nc2ccc(C(C)=O)cc2)cc1. The Kier molecular flexibility index (Phi) is 6.93. The Balaban J connectivity index is 1.80. The highest BCUT2D eigenvalue weighted by Crippen LogP contribution is 2.17. The zero-order chi connectivity index (χ0) is 19.8. The molecule has 1 atom stereocenters. The van der Waals surface area contributed by atoms with Gasteiger partial charge in [-0.3, -0.25) is 9.59 Å².